The molecule has 8 heteroatoms. The highest BCUT2D eigenvalue weighted by Gasteiger charge is 2.25. The average Bonchev–Trinajstić information content (AvgIpc) is 3.21. The Morgan fingerprint density at radius 3 is 2.50 bits per heavy atom. The molecule has 3 rings (SSSR count). The lowest BCUT2D eigenvalue weighted by Crippen LogP contribution is -2.41. The van der Waals surface area contributed by atoms with Crippen LogP contribution < -0.4 is 0 Å². The summed E-state index contributed by atoms with van der Waals surface area (Å²) in [6.45, 7) is 2.00. The Kier molecular flexibility index (Phi) is 5.60. The predicted octanol–water partition coefficient (Wildman–Crippen LogP) is 1.86. The van der Waals surface area contributed by atoms with Gasteiger partial charge in [-0.25, -0.2) is 9.48 Å². The minimum Gasteiger partial charge on any atom is -0.452 e. The van der Waals surface area contributed by atoms with Gasteiger partial charge >= 0.3 is 5.97 Å². The van der Waals surface area contributed by atoms with E-state index in [0.717, 1.165) is 37.3 Å². The van der Waals surface area contributed by atoms with Crippen LogP contribution in [0, 0.1) is 5.92 Å². The zero-order valence-corrected chi connectivity index (χ0v) is 15.0. The number of hydrogen-bond donors (Lipinski definition) is 0. The normalized spacial score (nSPS) is 19.8. The maximum absolute atomic E-state index is 12.3. The molecule has 2 aromatic rings. The van der Waals surface area contributed by atoms with Crippen molar-refractivity contribution in [3.63, 3.8) is 0 Å². The molecule has 0 bridgehead atoms. The van der Waals surface area contributed by atoms with Gasteiger partial charge < -0.3 is 9.64 Å². The van der Waals surface area contributed by atoms with E-state index in [1.807, 2.05) is 0 Å². The summed E-state index contributed by atoms with van der Waals surface area (Å²) in [6.07, 6.45) is 5.76. The van der Waals surface area contributed by atoms with E-state index in [0.29, 0.717) is 5.56 Å². The smallest absolute Gasteiger partial charge is 0.338 e. The molecule has 0 spiro atoms. The first kappa shape index (κ1) is 18.0. The predicted molar refractivity (Wildman–Crippen MR) is 93.6 cm³/mol. The van der Waals surface area contributed by atoms with E-state index in [2.05, 4.69) is 22.4 Å². The summed E-state index contributed by atoms with van der Waals surface area (Å²) in [4.78, 5) is 26.2. The second-order valence-corrected chi connectivity index (χ2v) is 6.80. The lowest BCUT2D eigenvalue weighted by Gasteiger charge is -2.33. The number of rotatable bonds is 5. The lowest BCUT2D eigenvalue weighted by atomic mass is 9.87. The van der Waals surface area contributed by atoms with Crippen LogP contribution in [0.2, 0.25) is 0 Å². The molecule has 1 amide bonds. The van der Waals surface area contributed by atoms with E-state index < -0.39 is 5.97 Å². The van der Waals surface area contributed by atoms with E-state index in [9.17, 15) is 9.59 Å². The van der Waals surface area contributed by atoms with Gasteiger partial charge in [0, 0.05) is 13.1 Å². The van der Waals surface area contributed by atoms with Gasteiger partial charge in [-0.15, -0.1) is 5.10 Å². The second-order valence-electron chi connectivity index (χ2n) is 6.80. The summed E-state index contributed by atoms with van der Waals surface area (Å²) in [6, 6.07) is 6.91. The number of carbonyl (C=O) groups is 2. The van der Waals surface area contributed by atoms with Crippen molar-refractivity contribution in [3.05, 3.63) is 36.2 Å². The van der Waals surface area contributed by atoms with Crippen molar-refractivity contribution in [1.82, 2.24) is 25.1 Å². The van der Waals surface area contributed by atoms with Gasteiger partial charge in [-0.05, 0) is 66.3 Å². The zero-order valence-electron chi connectivity index (χ0n) is 15.0. The third-order valence-electron chi connectivity index (χ3n) is 4.97. The molecular formula is C18H23N5O3. The van der Waals surface area contributed by atoms with Gasteiger partial charge in [0.25, 0.3) is 5.91 Å². The van der Waals surface area contributed by atoms with Gasteiger partial charge in [-0.1, -0.05) is 6.92 Å². The van der Waals surface area contributed by atoms with Gasteiger partial charge in [0.1, 0.15) is 6.33 Å². The molecule has 1 aliphatic carbocycles. The Morgan fingerprint density at radius 1 is 1.19 bits per heavy atom. The number of benzene rings is 1. The Morgan fingerprint density at radius 2 is 1.88 bits per heavy atom. The first-order chi connectivity index (χ1) is 12.5. The van der Waals surface area contributed by atoms with Crippen LogP contribution >= 0.6 is 0 Å². The van der Waals surface area contributed by atoms with Crippen LogP contribution in [0.4, 0.5) is 0 Å². The topological polar surface area (TPSA) is 90.2 Å². The number of ether oxygens (including phenoxy) is 1. The molecule has 1 aliphatic rings. The second kappa shape index (κ2) is 8.07. The number of carbonyl (C=O) groups excluding carboxylic acids is 2. The number of amides is 1. The third kappa shape index (κ3) is 4.25. The molecule has 0 aliphatic heterocycles. The molecule has 0 unspecified atom stereocenters. The van der Waals surface area contributed by atoms with E-state index in [1.54, 1.807) is 36.2 Å². The largest absolute Gasteiger partial charge is 0.452 e. The molecule has 1 aromatic heterocycles. The van der Waals surface area contributed by atoms with E-state index >= 15 is 0 Å². The van der Waals surface area contributed by atoms with Gasteiger partial charge in [0.2, 0.25) is 0 Å². The van der Waals surface area contributed by atoms with Crippen LogP contribution in [0.5, 0.6) is 0 Å². The van der Waals surface area contributed by atoms with Crippen LogP contribution in [0.15, 0.2) is 30.6 Å². The van der Waals surface area contributed by atoms with Crippen LogP contribution in [0.25, 0.3) is 5.69 Å². The fraction of sp³-hybridized carbons (Fsp3) is 0.500. The monoisotopic (exact) mass is 357 g/mol. The fourth-order valence-electron chi connectivity index (χ4n) is 3.18. The minimum absolute atomic E-state index is 0.164. The van der Waals surface area contributed by atoms with Crippen LogP contribution in [-0.4, -0.2) is 56.7 Å². The van der Waals surface area contributed by atoms with Crippen LogP contribution in [0.1, 0.15) is 43.0 Å². The minimum atomic E-state index is -0.521. The summed E-state index contributed by atoms with van der Waals surface area (Å²) in [5.74, 6) is 0.0411. The number of tetrazole rings is 1. The highest BCUT2D eigenvalue weighted by atomic mass is 16.5. The molecule has 0 radical (unpaired) electrons. The average molecular weight is 357 g/mol. The first-order valence-corrected chi connectivity index (χ1v) is 8.81. The number of hydrogen-bond acceptors (Lipinski definition) is 6. The zero-order chi connectivity index (χ0) is 18.5. The van der Waals surface area contributed by atoms with Crippen LogP contribution in [0.3, 0.4) is 0 Å². The number of nitrogens with zero attached hydrogens (tertiary/aromatic N) is 5. The van der Waals surface area contributed by atoms with Gasteiger partial charge in [-0.2, -0.15) is 0 Å². The standard InChI is InChI=1S/C18H23N5O3/c1-13-3-7-15(8-4-13)22(2)17(24)11-26-18(25)14-5-9-16(10-6-14)23-12-19-20-21-23/h5-6,9-10,12-13,15H,3-4,7-8,11H2,1-2H3. The molecule has 1 fully saturated rings. The summed E-state index contributed by atoms with van der Waals surface area (Å²) >= 11 is 0. The van der Waals surface area contributed by atoms with Crippen molar-refractivity contribution in [3.8, 4) is 5.69 Å². The maximum Gasteiger partial charge on any atom is 0.338 e. The molecule has 0 atom stereocenters. The summed E-state index contributed by atoms with van der Waals surface area (Å²) in [5, 5.41) is 10.9. The van der Waals surface area contributed by atoms with Crippen molar-refractivity contribution in [2.24, 2.45) is 5.92 Å². The van der Waals surface area contributed by atoms with Gasteiger partial charge in [-0.3, -0.25) is 4.79 Å². The molecule has 1 aromatic carbocycles. The van der Waals surface area contributed by atoms with Crippen molar-refractivity contribution < 1.29 is 14.3 Å². The molecular weight excluding hydrogens is 334 g/mol. The summed E-state index contributed by atoms with van der Waals surface area (Å²) < 4.78 is 6.66. The Labute approximate surface area is 152 Å². The molecule has 0 saturated heterocycles. The fourth-order valence-corrected chi connectivity index (χ4v) is 3.18. The SMILES string of the molecule is CC1CCC(N(C)C(=O)COC(=O)c2ccc(-n3cnnn3)cc2)CC1. The summed E-state index contributed by atoms with van der Waals surface area (Å²) in [7, 11) is 1.79. The van der Waals surface area contributed by atoms with Crippen molar-refractivity contribution >= 4 is 11.9 Å². The van der Waals surface area contributed by atoms with Gasteiger partial charge in [0.05, 0.1) is 11.3 Å². The highest BCUT2D eigenvalue weighted by molar-refractivity contribution is 5.91. The molecule has 0 N–H and O–H groups in total. The first-order valence-electron chi connectivity index (χ1n) is 8.81. The lowest BCUT2D eigenvalue weighted by molar-refractivity contribution is -0.136. The summed E-state index contributed by atoms with van der Waals surface area (Å²) in [5.41, 5.74) is 1.11. The number of aromatic nitrogens is 4. The Hall–Kier alpha value is -2.77. The molecule has 1 saturated carbocycles. The van der Waals surface area contributed by atoms with E-state index in [4.69, 9.17) is 4.74 Å². The highest BCUT2D eigenvalue weighted by Crippen LogP contribution is 2.26. The van der Waals surface area contributed by atoms with Crippen molar-refractivity contribution in [2.75, 3.05) is 13.7 Å². The Balaban J connectivity index is 1.51. The van der Waals surface area contributed by atoms with Gasteiger partial charge in [0.15, 0.2) is 6.61 Å². The van der Waals surface area contributed by atoms with E-state index in [-0.39, 0.29) is 18.6 Å². The molecule has 1 heterocycles. The number of esters is 1. The maximum atomic E-state index is 12.3. The number of likely N-dealkylation sites (N-methyl/N-ethyl adjacent to an activating group) is 1. The Bertz CT molecular complexity index is 737. The van der Waals surface area contributed by atoms with Crippen LogP contribution in [-0.2, 0) is 9.53 Å². The van der Waals surface area contributed by atoms with Crippen molar-refractivity contribution in [1.29, 1.82) is 0 Å². The quantitative estimate of drug-likeness (QED) is 0.759. The molecule has 8 nitrogen and oxygen atoms in total. The van der Waals surface area contributed by atoms with E-state index in [1.165, 1.54) is 11.0 Å². The third-order valence-corrected chi connectivity index (χ3v) is 4.97. The molecule has 138 valence electrons. The van der Waals surface area contributed by atoms with Crippen molar-refractivity contribution in [2.45, 2.75) is 38.6 Å². The molecule has 26 heavy (non-hydrogen) atoms.